The Hall–Kier alpha value is -2.89. The van der Waals surface area contributed by atoms with Crippen LogP contribution in [0.5, 0.6) is 0 Å². The third-order valence-electron chi connectivity index (χ3n) is 5.15. The molecule has 1 aliphatic rings. The van der Waals surface area contributed by atoms with Crippen LogP contribution in [-0.4, -0.2) is 96.7 Å². The molecule has 1 N–H and O–H groups in total. The number of hydrogen-bond acceptors (Lipinski definition) is 11. The van der Waals surface area contributed by atoms with E-state index < -0.39 is 47.5 Å². The van der Waals surface area contributed by atoms with Crippen LogP contribution < -0.4 is 0 Å². The predicted molar refractivity (Wildman–Crippen MR) is 137 cm³/mol. The highest BCUT2D eigenvalue weighted by Gasteiger charge is 2.42. The van der Waals surface area contributed by atoms with E-state index in [-0.39, 0.29) is 30.7 Å². The fraction of sp³-hybridized carbons (Fsp3) is 0.800. The molecular formula is C25H43N3O9. The fourth-order valence-electron chi connectivity index (χ4n) is 3.50. The van der Waals surface area contributed by atoms with Gasteiger partial charge in [-0.2, -0.15) is 4.90 Å². The van der Waals surface area contributed by atoms with Crippen molar-refractivity contribution < 1.29 is 43.2 Å². The molecule has 0 spiro atoms. The normalized spacial score (nSPS) is 19.7. The Balaban J connectivity index is 3.29. The van der Waals surface area contributed by atoms with Gasteiger partial charge in [0.05, 0.1) is 27.4 Å². The molecular weight excluding hydrogens is 486 g/mol. The van der Waals surface area contributed by atoms with Crippen LogP contribution >= 0.6 is 0 Å². The van der Waals surface area contributed by atoms with Gasteiger partial charge in [-0.15, -0.1) is 0 Å². The summed E-state index contributed by atoms with van der Waals surface area (Å²) in [6.45, 7) is 13.7. The van der Waals surface area contributed by atoms with Gasteiger partial charge in [0, 0.05) is 0 Å². The molecule has 0 aromatic carbocycles. The molecule has 12 heteroatoms. The lowest BCUT2D eigenvalue weighted by Gasteiger charge is -2.33. The third-order valence-corrected chi connectivity index (χ3v) is 5.15. The van der Waals surface area contributed by atoms with Crippen molar-refractivity contribution >= 4 is 30.0 Å². The minimum absolute atomic E-state index is 0.0712. The molecule has 1 heterocycles. The van der Waals surface area contributed by atoms with Gasteiger partial charge < -0.3 is 28.8 Å². The molecule has 212 valence electrons. The molecule has 37 heavy (non-hydrogen) atoms. The smallest absolute Gasteiger partial charge is 0.420 e. The molecule has 12 nitrogen and oxygen atoms in total. The number of esters is 1. The van der Waals surface area contributed by atoms with Gasteiger partial charge in [0.15, 0.2) is 6.04 Å². The number of hydrogen-bond donors (Lipinski definition) is 1. The van der Waals surface area contributed by atoms with Crippen LogP contribution in [0.4, 0.5) is 9.59 Å². The summed E-state index contributed by atoms with van der Waals surface area (Å²) in [5.74, 6) is -0.262. The molecule has 4 atom stereocenters. The average Bonchev–Trinajstić information content (AvgIpc) is 2.77. The zero-order valence-electron chi connectivity index (χ0n) is 23.9. The number of methoxy groups -OCH3 is 3. The summed E-state index contributed by atoms with van der Waals surface area (Å²) in [7, 11) is 4.03. The van der Waals surface area contributed by atoms with Gasteiger partial charge in [-0.1, -0.05) is 13.8 Å². The lowest BCUT2D eigenvalue weighted by Crippen LogP contribution is -2.52. The number of rotatable bonds is 7. The van der Waals surface area contributed by atoms with Crippen molar-refractivity contribution in [1.29, 1.82) is 0 Å². The Kier molecular flexibility index (Phi) is 11.4. The number of aliphatic hydroxyl groups excluding tert-OH is 1. The number of aliphatic imine (C=N–C) groups is 2. The Morgan fingerprint density at radius 3 is 1.65 bits per heavy atom. The Bertz CT molecular complexity index is 844. The maximum atomic E-state index is 13.0. The first-order valence-corrected chi connectivity index (χ1v) is 12.2. The highest BCUT2D eigenvalue weighted by atomic mass is 16.6. The van der Waals surface area contributed by atoms with E-state index in [2.05, 4.69) is 9.98 Å². The Morgan fingerprint density at radius 1 is 0.838 bits per heavy atom. The highest BCUT2D eigenvalue weighted by molar-refractivity contribution is 5.95. The second-order valence-corrected chi connectivity index (χ2v) is 11.0. The second-order valence-electron chi connectivity index (χ2n) is 11.0. The lowest BCUT2D eigenvalue weighted by molar-refractivity contribution is -0.147. The van der Waals surface area contributed by atoms with Crippen LogP contribution in [0.15, 0.2) is 9.98 Å². The van der Waals surface area contributed by atoms with E-state index in [0.717, 1.165) is 7.11 Å². The maximum Gasteiger partial charge on any atom is 0.420 e. The van der Waals surface area contributed by atoms with E-state index in [0.29, 0.717) is 10.8 Å². The van der Waals surface area contributed by atoms with Crippen molar-refractivity contribution in [3.8, 4) is 0 Å². The van der Waals surface area contributed by atoms with Gasteiger partial charge in [0.2, 0.25) is 11.8 Å². The summed E-state index contributed by atoms with van der Waals surface area (Å²) in [6.07, 6.45) is -3.61. The van der Waals surface area contributed by atoms with Crippen LogP contribution in [0.2, 0.25) is 0 Å². The molecule has 0 unspecified atom stereocenters. The lowest BCUT2D eigenvalue weighted by atomic mass is 9.98. The van der Waals surface area contributed by atoms with E-state index in [1.54, 1.807) is 41.5 Å². The van der Waals surface area contributed by atoms with Crippen LogP contribution in [-0.2, 0) is 28.5 Å². The van der Waals surface area contributed by atoms with Crippen LogP contribution in [0, 0.1) is 5.92 Å². The molecule has 1 rings (SSSR count). The number of imide groups is 1. The third kappa shape index (κ3) is 9.49. The molecule has 2 amide bonds. The number of carbonyl (C=O) groups excluding carboxylic acids is 3. The Morgan fingerprint density at radius 2 is 1.27 bits per heavy atom. The topological polar surface area (TPSA) is 146 Å². The van der Waals surface area contributed by atoms with Gasteiger partial charge in [-0.05, 0) is 60.3 Å². The zero-order valence-corrected chi connectivity index (χ0v) is 23.9. The zero-order chi connectivity index (χ0) is 28.7. The van der Waals surface area contributed by atoms with Gasteiger partial charge in [0.25, 0.3) is 0 Å². The van der Waals surface area contributed by atoms with E-state index >= 15 is 0 Å². The number of aliphatic hydroxyl groups is 1. The summed E-state index contributed by atoms with van der Waals surface area (Å²) in [6, 6.07) is -2.73. The summed E-state index contributed by atoms with van der Waals surface area (Å²) in [5, 5.41) is 11.0. The predicted octanol–water partition coefficient (Wildman–Crippen LogP) is 3.34. The molecule has 0 fully saturated rings. The molecule has 0 bridgehead atoms. The summed E-state index contributed by atoms with van der Waals surface area (Å²) < 4.78 is 26.4. The fourth-order valence-corrected chi connectivity index (χ4v) is 3.50. The largest absolute Gasteiger partial charge is 0.483 e. The average molecular weight is 530 g/mol. The van der Waals surface area contributed by atoms with Gasteiger partial charge in [0.1, 0.15) is 23.3 Å². The molecule has 0 aromatic rings. The maximum absolute atomic E-state index is 13.0. The molecule has 0 aromatic heterocycles. The van der Waals surface area contributed by atoms with Crippen molar-refractivity contribution in [2.24, 2.45) is 15.9 Å². The number of ether oxygens (including phenoxy) is 5. The minimum Gasteiger partial charge on any atom is -0.483 e. The van der Waals surface area contributed by atoms with E-state index in [1.165, 1.54) is 14.2 Å². The van der Waals surface area contributed by atoms with Crippen molar-refractivity contribution in [1.82, 2.24) is 4.90 Å². The summed E-state index contributed by atoms with van der Waals surface area (Å²) in [5.41, 5.74) is -1.91. The van der Waals surface area contributed by atoms with Crippen molar-refractivity contribution in [3.63, 3.8) is 0 Å². The van der Waals surface area contributed by atoms with E-state index in [1.807, 2.05) is 13.8 Å². The Labute approximate surface area is 219 Å². The first-order chi connectivity index (χ1) is 16.9. The number of carbonyl (C=O) groups is 3. The van der Waals surface area contributed by atoms with Gasteiger partial charge >= 0.3 is 18.2 Å². The van der Waals surface area contributed by atoms with E-state index in [9.17, 15) is 19.5 Å². The van der Waals surface area contributed by atoms with Crippen LogP contribution in [0.3, 0.4) is 0 Å². The second kappa shape index (κ2) is 13.1. The molecule has 0 saturated heterocycles. The quantitative estimate of drug-likeness (QED) is 0.387. The van der Waals surface area contributed by atoms with Gasteiger partial charge in [-0.3, -0.25) is 0 Å². The van der Waals surface area contributed by atoms with Gasteiger partial charge in [-0.25, -0.2) is 24.4 Å². The molecule has 1 aliphatic heterocycles. The highest BCUT2D eigenvalue weighted by Crippen LogP contribution is 2.24. The SMILES string of the molecule is COC(=O)[C@H](CC[C@H](O)[C@H]1N=C(OC)[C@H](C(C)C)N=C1OC)N(C(=O)OC(C)(C)C)C(=O)OC(C)(C)C. The molecule has 0 aliphatic carbocycles. The number of nitrogens with zero attached hydrogens (tertiary/aromatic N) is 3. The minimum atomic E-state index is -1.44. The standard InChI is InChI=1S/C25H43N3O9/c1-14(2)17-19(33-9)27-18(20(26-17)34-10)16(29)13-12-15(21(30)35-11)28(22(31)36-24(3,4)5)23(32)37-25(6,7)8/h14-18,29H,12-13H2,1-11H3/t15-,16-,17-,18+/m0/s1. The number of amides is 2. The van der Waals surface area contributed by atoms with Crippen molar-refractivity contribution in [3.05, 3.63) is 0 Å². The van der Waals surface area contributed by atoms with Crippen molar-refractivity contribution in [2.75, 3.05) is 21.3 Å². The molecule has 0 radical (unpaired) electrons. The van der Waals surface area contributed by atoms with Crippen LogP contribution in [0.1, 0.15) is 68.2 Å². The van der Waals surface area contributed by atoms with Crippen LogP contribution in [0.25, 0.3) is 0 Å². The first-order valence-electron chi connectivity index (χ1n) is 12.2. The summed E-state index contributed by atoms with van der Waals surface area (Å²) in [4.78, 5) is 48.4. The molecule has 0 saturated carbocycles. The monoisotopic (exact) mass is 529 g/mol. The van der Waals surface area contributed by atoms with E-state index in [4.69, 9.17) is 23.7 Å². The van der Waals surface area contributed by atoms with Crippen molar-refractivity contribution in [2.45, 2.75) is 104 Å². The first kappa shape index (κ1) is 32.1. The summed E-state index contributed by atoms with van der Waals surface area (Å²) >= 11 is 0.